The highest BCUT2D eigenvalue weighted by Gasteiger charge is 2.94. The zero-order valence-corrected chi connectivity index (χ0v) is 13.7. The summed E-state index contributed by atoms with van der Waals surface area (Å²) >= 11 is 0. The maximum Gasteiger partial charge on any atom is 0.460 e. The molecule has 0 aromatic heterocycles. The van der Waals surface area contributed by atoms with Gasteiger partial charge in [0.1, 0.15) is 0 Å². The van der Waals surface area contributed by atoms with Crippen LogP contribution in [0.2, 0.25) is 0 Å². The average Bonchev–Trinajstić information content (AvgIpc) is 2.52. The largest absolute Gasteiger partial charge is 0.477 e. The summed E-state index contributed by atoms with van der Waals surface area (Å²) in [6.45, 7) is 0. The summed E-state index contributed by atoms with van der Waals surface area (Å²) in [5.41, 5.74) is 0. The van der Waals surface area contributed by atoms with Crippen LogP contribution in [0.1, 0.15) is 0 Å². The molecular formula is C10H4F19NO2. The van der Waals surface area contributed by atoms with Gasteiger partial charge in [0.05, 0.1) is 0 Å². The van der Waals surface area contributed by atoms with Crippen molar-refractivity contribution < 1.29 is 93.3 Å². The first-order valence-electron chi connectivity index (χ1n) is 6.02. The lowest BCUT2D eigenvalue weighted by Gasteiger charge is -2.40. The van der Waals surface area contributed by atoms with E-state index >= 15 is 0 Å². The summed E-state index contributed by atoms with van der Waals surface area (Å²) in [7, 11) is 0. The second-order valence-electron chi connectivity index (χ2n) is 4.77. The Morgan fingerprint density at radius 2 is 0.688 bits per heavy atom. The molecule has 32 heavy (non-hydrogen) atoms. The molecule has 0 rings (SSSR count). The number of hydrogen-bond acceptors (Lipinski definition) is 2. The van der Waals surface area contributed by atoms with E-state index in [0.29, 0.717) is 0 Å². The van der Waals surface area contributed by atoms with Gasteiger partial charge in [-0.15, -0.1) is 0 Å². The van der Waals surface area contributed by atoms with Crippen LogP contribution >= 0.6 is 0 Å². The quantitative estimate of drug-likeness (QED) is 0.380. The minimum absolute atomic E-state index is 0. The summed E-state index contributed by atoms with van der Waals surface area (Å²) in [6.07, 6.45) is -13.5. The predicted molar refractivity (Wildman–Crippen MR) is 59.9 cm³/mol. The molecule has 0 aliphatic heterocycles. The maximum atomic E-state index is 12.8. The number of halogens is 19. The van der Waals surface area contributed by atoms with Crippen molar-refractivity contribution in [1.82, 2.24) is 6.15 Å². The van der Waals surface area contributed by atoms with Crippen molar-refractivity contribution in [2.75, 3.05) is 0 Å². The van der Waals surface area contributed by atoms with Crippen molar-refractivity contribution in [2.45, 2.75) is 41.7 Å². The van der Waals surface area contributed by atoms with Gasteiger partial charge in [0.25, 0.3) is 0 Å². The summed E-state index contributed by atoms with van der Waals surface area (Å²) in [5, 5.41) is 7.57. The van der Waals surface area contributed by atoms with Crippen molar-refractivity contribution in [3.05, 3.63) is 12.2 Å². The Balaban J connectivity index is -0.00000105. The molecule has 0 radical (unpaired) electrons. The van der Waals surface area contributed by atoms with Crippen LogP contribution in [0.3, 0.4) is 0 Å². The second kappa shape index (κ2) is 9.37. The van der Waals surface area contributed by atoms with Crippen LogP contribution in [0.4, 0.5) is 83.4 Å². The van der Waals surface area contributed by atoms with E-state index in [1.807, 2.05) is 0 Å². The third kappa shape index (κ3) is 5.24. The summed E-state index contributed by atoms with van der Waals surface area (Å²) in [4.78, 5) is 9.72. The van der Waals surface area contributed by atoms with E-state index in [-0.39, 0.29) is 6.15 Å². The van der Waals surface area contributed by atoms with Crippen molar-refractivity contribution in [3.8, 4) is 0 Å². The molecule has 0 aliphatic rings. The zero-order chi connectivity index (χ0) is 26.2. The van der Waals surface area contributed by atoms with Crippen molar-refractivity contribution >= 4 is 5.97 Å². The Morgan fingerprint density at radius 1 is 0.469 bits per heavy atom. The van der Waals surface area contributed by atoms with Crippen LogP contribution in [-0.2, 0) is 4.79 Å². The Hall–Kier alpha value is -2.16. The van der Waals surface area contributed by atoms with Gasteiger partial charge in [-0.25, -0.2) is 4.79 Å². The van der Waals surface area contributed by atoms with Crippen LogP contribution in [0.5, 0.6) is 0 Å². The Morgan fingerprint density at radius 3 is 0.875 bits per heavy atom. The minimum Gasteiger partial charge on any atom is -0.477 e. The van der Waals surface area contributed by atoms with Gasteiger partial charge in [0.15, 0.2) is 0 Å². The maximum absolute atomic E-state index is 12.8. The zero-order valence-electron chi connectivity index (χ0n) is 13.7. The van der Waals surface area contributed by atoms with E-state index in [9.17, 15) is 88.2 Å². The van der Waals surface area contributed by atoms with Crippen molar-refractivity contribution in [2.24, 2.45) is 0 Å². The lowest BCUT2D eigenvalue weighted by atomic mass is 9.91. The molecule has 194 valence electrons. The highest BCUT2D eigenvalue weighted by atomic mass is 19.4. The lowest BCUT2D eigenvalue weighted by molar-refractivity contribution is -0.450. The molecule has 0 spiro atoms. The molecule has 0 atom stereocenters. The number of carbonyl (C=O) groups is 1. The van der Waals surface area contributed by atoms with Crippen LogP contribution in [-0.4, -0.2) is 52.8 Å². The third-order valence-electron chi connectivity index (χ3n) is 2.74. The molecule has 0 heterocycles. The van der Waals surface area contributed by atoms with Crippen LogP contribution in [0.25, 0.3) is 0 Å². The molecule has 0 aliphatic carbocycles. The van der Waals surface area contributed by atoms with Gasteiger partial charge in [-0.3, -0.25) is 0 Å². The molecule has 0 aromatic rings. The number of alkyl halides is 15. The van der Waals surface area contributed by atoms with Crippen LogP contribution < -0.4 is 6.15 Å². The highest BCUT2D eigenvalue weighted by molar-refractivity contribution is 5.77. The number of rotatable bonds is 6. The fraction of sp³-hybridized carbons (Fsp3) is 0.700. The van der Waals surface area contributed by atoms with E-state index in [2.05, 4.69) is 0 Å². The molecule has 0 aromatic carbocycles. The highest BCUT2D eigenvalue weighted by Crippen LogP contribution is 2.62. The Labute approximate surface area is 161 Å². The fourth-order valence-electron chi connectivity index (χ4n) is 1.10. The molecule has 0 saturated carbocycles. The average molecular weight is 531 g/mol. The van der Waals surface area contributed by atoms with Gasteiger partial charge >= 0.3 is 59.8 Å². The first-order valence-corrected chi connectivity index (χ1v) is 6.02. The molecule has 0 fully saturated rings. The summed E-state index contributed by atoms with van der Waals surface area (Å²) < 4.78 is 228. The predicted octanol–water partition coefficient (Wildman–Crippen LogP) is 6.60. The van der Waals surface area contributed by atoms with Gasteiger partial charge < -0.3 is 11.3 Å². The molecule has 22 heteroatoms. The standard InChI is InChI=1S/C8HF15O2.C2F4.H3N/c9-2(10,1(24)25)3(11,12)4(13,14)5(15,16)6(17,18)7(19,20)8(21,22)23;3-1(4)2(5)6;/h(H,24,25);;1H3. The number of carboxylic acid groups (broad SMARTS) is 1. The Bertz CT molecular complexity index is 675. The van der Waals surface area contributed by atoms with E-state index in [0.717, 1.165) is 0 Å². The van der Waals surface area contributed by atoms with Gasteiger partial charge in [-0.2, -0.15) is 83.4 Å². The molecule has 0 bridgehead atoms. The van der Waals surface area contributed by atoms with Crippen molar-refractivity contribution in [1.29, 1.82) is 0 Å². The second-order valence-corrected chi connectivity index (χ2v) is 4.77. The molecule has 3 nitrogen and oxygen atoms in total. The number of aliphatic carboxylic acids is 1. The molecule has 4 N–H and O–H groups in total. The summed E-state index contributed by atoms with van der Waals surface area (Å²) in [6, 6.07) is 0. The van der Waals surface area contributed by atoms with E-state index in [1.165, 1.54) is 0 Å². The van der Waals surface area contributed by atoms with E-state index in [4.69, 9.17) is 5.11 Å². The minimum atomic E-state index is -8.47. The first kappa shape index (κ1) is 34.5. The van der Waals surface area contributed by atoms with Gasteiger partial charge in [-0.1, -0.05) is 0 Å². The third-order valence-corrected chi connectivity index (χ3v) is 2.74. The summed E-state index contributed by atoms with van der Waals surface area (Å²) in [5.74, 6) is -52.8. The molecule has 0 amide bonds. The lowest BCUT2D eigenvalue weighted by Crippen LogP contribution is -2.73. The first-order chi connectivity index (χ1) is 13.1. The van der Waals surface area contributed by atoms with Gasteiger partial charge in [0, 0.05) is 0 Å². The number of carboxylic acids is 1. The molecular weight excluding hydrogens is 527 g/mol. The monoisotopic (exact) mass is 531 g/mol. The van der Waals surface area contributed by atoms with E-state index in [1.54, 1.807) is 0 Å². The molecule has 0 saturated heterocycles. The Kier molecular flexibility index (Phi) is 10.1. The molecule has 0 unspecified atom stereocenters. The van der Waals surface area contributed by atoms with Crippen LogP contribution in [0.15, 0.2) is 12.2 Å². The van der Waals surface area contributed by atoms with Crippen molar-refractivity contribution in [3.63, 3.8) is 0 Å². The van der Waals surface area contributed by atoms with Crippen LogP contribution in [0, 0.1) is 0 Å². The normalized spacial score (nSPS) is 14.1. The van der Waals surface area contributed by atoms with E-state index < -0.39 is 59.8 Å². The number of hydrogen-bond donors (Lipinski definition) is 2. The fourth-order valence-corrected chi connectivity index (χ4v) is 1.10. The van der Waals surface area contributed by atoms with Gasteiger partial charge in [-0.05, 0) is 0 Å². The smallest absolute Gasteiger partial charge is 0.460 e. The van der Waals surface area contributed by atoms with Gasteiger partial charge in [0.2, 0.25) is 0 Å². The SMILES string of the molecule is FC(F)=C(F)F.N.O=C(O)C(F)(F)C(F)(F)C(F)(F)C(F)(F)C(F)(F)C(F)(F)C(F)(F)F. The topological polar surface area (TPSA) is 72.3 Å².